The quantitative estimate of drug-likeness (QED) is 0.0239. The molecule has 10 heteroatoms. The number of aliphatic hydroxyl groups is 1. The smallest absolute Gasteiger partial charge is 0.463 e. The van der Waals surface area contributed by atoms with E-state index < -0.39 is 26.5 Å². The van der Waals surface area contributed by atoms with Crippen LogP contribution in [0.4, 0.5) is 0 Å². The highest BCUT2D eigenvalue weighted by molar-refractivity contribution is 7.47. The van der Waals surface area contributed by atoms with Crippen molar-refractivity contribution < 1.29 is 37.9 Å². The molecule has 0 fully saturated rings. The molecule has 2 atom stereocenters. The molecule has 0 saturated carbocycles. The van der Waals surface area contributed by atoms with E-state index in [1.165, 1.54) is 186 Å². The van der Waals surface area contributed by atoms with E-state index in [4.69, 9.17) is 13.8 Å². The number of ether oxygens (including phenoxy) is 1. The van der Waals surface area contributed by atoms with Crippen LogP contribution in [0.15, 0.2) is 12.2 Å². The minimum absolute atomic E-state index is 0.0855. The van der Waals surface area contributed by atoms with Crippen molar-refractivity contribution >= 4 is 19.7 Å². The average molecular weight is 844 g/mol. The van der Waals surface area contributed by atoms with Crippen molar-refractivity contribution in [3.05, 3.63) is 12.2 Å². The minimum atomic E-state index is -4.41. The predicted molar refractivity (Wildman–Crippen MR) is 243 cm³/mol. The molecule has 0 radical (unpaired) electrons. The van der Waals surface area contributed by atoms with E-state index in [-0.39, 0.29) is 32.1 Å². The van der Waals surface area contributed by atoms with Gasteiger partial charge in [0.1, 0.15) is 12.7 Å². The maximum Gasteiger partial charge on any atom is 0.472 e. The molecule has 344 valence electrons. The van der Waals surface area contributed by atoms with Crippen LogP contribution in [-0.4, -0.2) is 54.3 Å². The number of phosphoric acid groups is 1. The van der Waals surface area contributed by atoms with E-state index >= 15 is 0 Å². The first-order valence-corrected chi connectivity index (χ1v) is 26.2. The molecule has 2 unspecified atom stereocenters. The monoisotopic (exact) mass is 844 g/mol. The molecule has 0 heterocycles. The van der Waals surface area contributed by atoms with E-state index in [0.717, 1.165) is 38.5 Å². The molecule has 0 aromatic carbocycles. The lowest BCUT2D eigenvalue weighted by molar-refractivity contribution is -0.147. The van der Waals surface area contributed by atoms with Gasteiger partial charge in [-0.2, -0.15) is 0 Å². The van der Waals surface area contributed by atoms with Crippen LogP contribution in [-0.2, 0) is 27.9 Å². The molecule has 58 heavy (non-hydrogen) atoms. The summed E-state index contributed by atoms with van der Waals surface area (Å²) in [4.78, 5) is 34.0. The van der Waals surface area contributed by atoms with Crippen LogP contribution in [0.2, 0.25) is 0 Å². The minimum Gasteiger partial charge on any atom is -0.463 e. The summed E-state index contributed by atoms with van der Waals surface area (Å²) >= 11 is 0. The van der Waals surface area contributed by atoms with E-state index in [1.54, 1.807) is 0 Å². The fourth-order valence-electron chi connectivity index (χ4n) is 7.20. The predicted octanol–water partition coefficient (Wildman–Crippen LogP) is 14.2. The van der Waals surface area contributed by atoms with Crippen molar-refractivity contribution in [2.24, 2.45) is 0 Å². The number of hydrogen-bond acceptors (Lipinski definition) is 7. The zero-order chi connectivity index (χ0) is 42.5. The Hall–Kier alpha value is -1.25. The number of amides is 1. The van der Waals surface area contributed by atoms with Gasteiger partial charge in [-0.05, 0) is 38.5 Å². The van der Waals surface area contributed by atoms with Gasteiger partial charge in [0.25, 0.3) is 0 Å². The van der Waals surface area contributed by atoms with Gasteiger partial charge in [-0.3, -0.25) is 18.6 Å². The zero-order valence-electron chi connectivity index (χ0n) is 38.0. The molecule has 3 N–H and O–H groups in total. The van der Waals surface area contributed by atoms with Crippen molar-refractivity contribution in [3.63, 3.8) is 0 Å². The maximum absolute atomic E-state index is 12.1. The fraction of sp³-hybridized carbons (Fsp3) is 0.917. The first-order chi connectivity index (χ1) is 28.3. The number of carbonyl (C=O) groups is 2. The van der Waals surface area contributed by atoms with Crippen molar-refractivity contribution in [1.82, 2.24) is 5.32 Å². The second-order valence-corrected chi connectivity index (χ2v) is 18.2. The van der Waals surface area contributed by atoms with E-state index in [1.807, 2.05) is 0 Å². The summed E-state index contributed by atoms with van der Waals surface area (Å²) in [5, 5.41) is 12.7. The topological polar surface area (TPSA) is 131 Å². The van der Waals surface area contributed by atoms with Gasteiger partial charge < -0.3 is 20.1 Å². The Morgan fingerprint density at radius 3 is 1.29 bits per heavy atom. The van der Waals surface area contributed by atoms with Gasteiger partial charge in [-0.15, -0.1) is 0 Å². The number of allylic oxidation sites excluding steroid dienone is 2. The highest BCUT2D eigenvalue weighted by atomic mass is 31.2. The van der Waals surface area contributed by atoms with Crippen molar-refractivity contribution in [1.29, 1.82) is 0 Å². The van der Waals surface area contributed by atoms with Gasteiger partial charge in [-0.1, -0.05) is 212 Å². The number of esters is 1. The summed E-state index contributed by atoms with van der Waals surface area (Å²) in [7, 11) is -4.41. The number of nitrogens with one attached hydrogen (secondary N) is 1. The molecule has 9 nitrogen and oxygen atoms in total. The van der Waals surface area contributed by atoms with Crippen molar-refractivity contribution in [2.45, 2.75) is 258 Å². The summed E-state index contributed by atoms with van der Waals surface area (Å²) < 4.78 is 27.0. The van der Waals surface area contributed by atoms with Crippen LogP contribution in [0.1, 0.15) is 251 Å². The van der Waals surface area contributed by atoms with Crippen LogP contribution >= 0.6 is 7.82 Å². The van der Waals surface area contributed by atoms with Crippen LogP contribution < -0.4 is 5.32 Å². The molecule has 1 amide bonds. The number of rotatable bonds is 47. The third kappa shape index (κ3) is 45.8. The van der Waals surface area contributed by atoms with Crippen LogP contribution in [0.5, 0.6) is 0 Å². The standard InChI is InChI=1S/C48H94NO8P/c1-3-5-7-9-11-13-15-17-19-21-22-23-24-25-26-28-30-32-34-36-38-40-47(51)49-42-43-56-58(53,54)57-45-46(50)44-55-48(52)41-39-37-35-33-31-29-27-20-18-16-14-12-10-8-6-4-2/h17,19,46,50H,3-16,18,20-45H2,1-2H3,(H,49,51)(H,53,54)/b19-17+. The number of carbonyl (C=O) groups excluding carboxylic acids is 2. The SMILES string of the molecule is CCCCCCCC/C=C/CCCCCCCCCCCCCC(=O)NCCOP(=O)(O)OCC(O)COC(=O)CCCCCCCCCCCCCCCCCC. The third-order valence-corrected chi connectivity index (χ3v) is 11.9. The van der Waals surface area contributed by atoms with Gasteiger partial charge in [0.05, 0.1) is 13.2 Å². The Morgan fingerprint density at radius 1 is 0.517 bits per heavy atom. The largest absolute Gasteiger partial charge is 0.472 e. The summed E-state index contributed by atoms with van der Waals surface area (Å²) in [6.07, 6.45) is 48.6. The lowest BCUT2D eigenvalue weighted by Crippen LogP contribution is -2.27. The molecule has 0 rings (SSSR count). The second-order valence-electron chi connectivity index (χ2n) is 16.8. The highest BCUT2D eigenvalue weighted by Gasteiger charge is 2.23. The Bertz CT molecular complexity index is 964. The molecule has 0 aliphatic rings. The molecule has 0 saturated heterocycles. The summed E-state index contributed by atoms with van der Waals surface area (Å²) in [6, 6.07) is 0. The first kappa shape index (κ1) is 56.8. The molecule has 0 aliphatic carbocycles. The van der Waals surface area contributed by atoms with E-state index in [9.17, 15) is 24.2 Å². The van der Waals surface area contributed by atoms with Crippen molar-refractivity contribution in [3.8, 4) is 0 Å². The van der Waals surface area contributed by atoms with Crippen molar-refractivity contribution in [2.75, 3.05) is 26.4 Å². The first-order valence-electron chi connectivity index (χ1n) is 24.7. The van der Waals surface area contributed by atoms with Gasteiger partial charge in [0, 0.05) is 19.4 Å². The third-order valence-electron chi connectivity index (χ3n) is 10.9. The normalized spacial score (nSPS) is 13.2. The molecule has 0 aromatic rings. The molecular weight excluding hydrogens is 750 g/mol. The Kier molecular flexibility index (Phi) is 44.3. The van der Waals surface area contributed by atoms with Crippen LogP contribution in [0, 0.1) is 0 Å². The van der Waals surface area contributed by atoms with Gasteiger partial charge in [-0.25, -0.2) is 4.57 Å². The number of aliphatic hydroxyl groups excluding tert-OH is 1. The maximum atomic E-state index is 12.1. The summed E-state index contributed by atoms with van der Waals surface area (Å²) in [5.74, 6) is -0.505. The Labute approximate surface area is 358 Å². The van der Waals surface area contributed by atoms with Gasteiger partial charge >= 0.3 is 13.8 Å². The molecule has 0 aliphatic heterocycles. The summed E-state index contributed by atoms with van der Waals surface area (Å²) in [5.41, 5.74) is 0. The Balaban J connectivity index is 3.53. The Morgan fingerprint density at radius 2 is 0.879 bits per heavy atom. The number of phosphoric ester groups is 1. The molecular formula is C48H94NO8P. The highest BCUT2D eigenvalue weighted by Crippen LogP contribution is 2.42. The molecule has 0 bridgehead atoms. The van der Waals surface area contributed by atoms with E-state index in [0.29, 0.717) is 6.42 Å². The zero-order valence-corrected chi connectivity index (χ0v) is 38.9. The van der Waals surface area contributed by atoms with Gasteiger partial charge in [0.2, 0.25) is 5.91 Å². The summed E-state index contributed by atoms with van der Waals surface area (Å²) in [6.45, 7) is 3.60. The van der Waals surface area contributed by atoms with Crippen LogP contribution in [0.3, 0.4) is 0 Å². The average Bonchev–Trinajstić information content (AvgIpc) is 3.21. The van der Waals surface area contributed by atoms with Crippen LogP contribution in [0.25, 0.3) is 0 Å². The number of hydrogen-bond donors (Lipinski definition) is 3. The lowest BCUT2D eigenvalue weighted by atomic mass is 10.0. The van der Waals surface area contributed by atoms with E-state index in [2.05, 4.69) is 31.3 Å². The molecule has 0 aromatic heterocycles. The fourth-order valence-corrected chi connectivity index (χ4v) is 7.96. The second kappa shape index (κ2) is 45.3. The lowest BCUT2D eigenvalue weighted by Gasteiger charge is -2.15. The molecule has 0 spiro atoms. The van der Waals surface area contributed by atoms with Gasteiger partial charge in [0.15, 0.2) is 0 Å². The number of unbranched alkanes of at least 4 members (excludes halogenated alkanes) is 32.